The summed E-state index contributed by atoms with van der Waals surface area (Å²) in [5.74, 6) is 2.51. The van der Waals surface area contributed by atoms with E-state index in [1.54, 1.807) is 11.3 Å². The maximum absolute atomic E-state index is 12.0. The third-order valence-electron chi connectivity index (χ3n) is 3.45. The average molecular weight is 292 g/mol. The van der Waals surface area contributed by atoms with Crippen LogP contribution in [0.4, 0.5) is 0 Å². The molecule has 1 saturated heterocycles. The van der Waals surface area contributed by atoms with E-state index in [4.69, 9.17) is 8.83 Å². The zero-order valence-corrected chi connectivity index (χ0v) is 12.0. The summed E-state index contributed by atoms with van der Waals surface area (Å²) in [6, 6.07) is 7.37. The summed E-state index contributed by atoms with van der Waals surface area (Å²) in [7, 11) is 0. The number of thiol groups is 1. The smallest absolute Gasteiger partial charge is 0.247 e. The van der Waals surface area contributed by atoms with Gasteiger partial charge in [-0.3, -0.25) is 9.80 Å². The van der Waals surface area contributed by atoms with Crippen LogP contribution < -0.4 is 5.43 Å². The van der Waals surface area contributed by atoms with Crippen molar-refractivity contribution in [1.29, 1.82) is 0 Å². The van der Waals surface area contributed by atoms with Crippen LogP contribution in [0.1, 0.15) is 35.8 Å². The lowest BCUT2D eigenvalue weighted by Crippen LogP contribution is -2.40. The average Bonchev–Trinajstić information content (AvgIpc) is 3.16. The Kier molecular flexibility index (Phi) is 3.58. The minimum absolute atomic E-state index is 0.0392. The standard InChI is InChI=1S/C14H16N2O3S/c1-9-4-5-12(19-9)10-7-11(13-3-2-6-18-13)16(15-10)14(17)8-20/h2-6,10-11,15,20H,7-8H2,1H3/t10?,11-/m1/s1. The van der Waals surface area contributed by atoms with Gasteiger partial charge >= 0.3 is 0 Å². The van der Waals surface area contributed by atoms with E-state index in [-0.39, 0.29) is 23.7 Å². The van der Waals surface area contributed by atoms with Crippen LogP contribution >= 0.6 is 12.6 Å². The summed E-state index contributed by atoms with van der Waals surface area (Å²) in [6.45, 7) is 1.90. The molecular weight excluding hydrogens is 276 g/mol. The van der Waals surface area contributed by atoms with Crippen LogP contribution in [0.15, 0.2) is 39.4 Å². The molecule has 0 saturated carbocycles. The topological polar surface area (TPSA) is 58.6 Å². The van der Waals surface area contributed by atoms with Crippen molar-refractivity contribution in [2.45, 2.75) is 25.4 Å². The van der Waals surface area contributed by atoms with Crippen LogP contribution in [0.2, 0.25) is 0 Å². The monoisotopic (exact) mass is 292 g/mol. The van der Waals surface area contributed by atoms with Gasteiger partial charge in [-0.1, -0.05) is 0 Å². The lowest BCUT2D eigenvalue weighted by molar-refractivity contribution is -0.132. The molecule has 2 aromatic heterocycles. The van der Waals surface area contributed by atoms with E-state index in [9.17, 15) is 4.79 Å². The molecule has 2 atom stereocenters. The van der Waals surface area contributed by atoms with Gasteiger partial charge in [-0.25, -0.2) is 5.43 Å². The van der Waals surface area contributed by atoms with Crippen molar-refractivity contribution < 1.29 is 13.6 Å². The first-order chi connectivity index (χ1) is 9.69. The van der Waals surface area contributed by atoms with Crippen LogP contribution in [0, 0.1) is 6.92 Å². The molecule has 6 heteroatoms. The van der Waals surface area contributed by atoms with Gasteiger partial charge in [0, 0.05) is 6.42 Å². The Labute approximate surface area is 122 Å². The second-order valence-electron chi connectivity index (χ2n) is 4.82. The van der Waals surface area contributed by atoms with Crippen molar-refractivity contribution in [2.75, 3.05) is 5.75 Å². The van der Waals surface area contributed by atoms with Crippen molar-refractivity contribution in [2.24, 2.45) is 0 Å². The molecule has 1 unspecified atom stereocenters. The summed E-state index contributed by atoms with van der Waals surface area (Å²) < 4.78 is 11.1. The molecule has 1 amide bonds. The fourth-order valence-electron chi connectivity index (χ4n) is 2.51. The number of aryl methyl sites for hydroxylation is 1. The summed E-state index contributed by atoms with van der Waals surface area (Å²) in [4.78, 5) is 12.0. The van der Waals surface area contributed by atoms with E-state index in [1.807, 2.05) is 31.2 Å². The highest BCUT2D eigenvalue weighted by Crippen LogP contribution is 2.37. The second kappa shape index (κ2) is 5.38. The number of hydrazine groups is 1. The number of carbonyl (C=O) groups excluding carboxylic acids is 1. The predicted molar refractivity (Wildman–Crippen MR) is 76.1 cm³/mol. The Balaban J connectivity index is 1.86. The van der Waals surface area contributed by atoms with Crippen LogP contribution in [0.25, 0.3) is 0 Å². The van der Waals surface area contributed by atoms with Crippen molar-refractivity contribution in [3.05, 3.63) is 47.8 Å². The number of nitrogens with zero attached hydrogens (tertiary/aromatic N) is 1. The molecule has 1 N–H and O–H groups in total. The van der Waals surface area contributed by atoms with E-state index >= 15 is 0 Å². The number of amides is 1. The fourth-order valence-corrected chi connectivity index (χ4v) is 2.66. The van der Waals surface area contributed by atoms with Crippen LogP contribution in [0.5, 0.6) is 0 Å². The number of hydrogen-bond donors (Lipinski definition) is 2. The van der Waals surface area contributed by atoms with Gasteiger partial charge in [0.1, 0.15) is 23.3 Å². The van der Waals surface area contributed by atoms with E-state index in [0.717, 1.165) is 17.3 Å². The molecule has 0 radical (unpaired) electrons. The van der Waals surface area contributed by atoms with Crippen molar-refractivity contribution in [1.82, 2.24) is 10.4 Å². The molecule has 1 fully saturated rings. The first kappa shape index (κ1) is 13.3. The minimum Gasteiger partial charge on any atom is -0.467 e. The molecule has 0 spiro atoms. The van der Waals surface area contributed by atoms with Gasteiger partial charge < -0.3 is 8.83 Å². The maximum atomic E-state index is 12.0. The molecule has 1 aliphatic heterocycles. The molecule has 20 heavy (non-hydrogen) atoms. The first-order valence-corrected chi connectivity index (χ1v) is 7.11. The molecule has 1 aliphatic rings. The highest BCUT2D eigenvalue weighted by molar-refractivity contribution is 7.81. The molecule has 0 aromatic carbocycles. The Hall–Kier alpha value is -1.66. The Morgan fingerprint density at radius 1 is 1.45 bits per heavy atom. The Morgan fingerprint density at radius 3 is 2.90 bits per heavy atom. The lowest BCUT2D eigenvalue weighted by Gasteiger charge is -2.21. The molecule has 2 aromatic rings. The number of nitrogens with one attached hydrogen (secondary N) is 1. The van der Waals surface area contributed by atoms with Gasteiger partial charge in [-0.2, -0.15) is 12.6 Å². The van der Waals surface area contributed by atoms with E-state index < -0.39 is 0 Å². The normalized spacial score (nSPS) is 22.4. The van der Waals surface area contributed by atoms with Gasteiger partial charge in [0.2, 0.25) is 5.91 Å². The third-order valence-corrected chi connectivity index (χ3v) is 3.72. The highest BCUT2D eigenvalue weighted by atomic mass is 32.1. The van der Waals surface area contributed by atoms with Crippen molar-refractivity contribution >= 4 is 18.5 Å². The van der Waals surface area contributed by atoms with Crippen molar-refractivity contribution in [3.63, 3.8) is 0 Å². The minimum atomic E-state index is -0.139. The van der Waals surface area contributed by atoms with Gasteiger partial charge in [-0.05, 0) is 31.2 Å². The second-order valence-corrected chi connectivity index (χ2v) is 5.14. The summed E-state index contributed by atoms with van der Waals surface area (Å²) >= 11 is 4.06. The van der Waals surface area contributed by atoms with Gasteiger partial charge in [0.15, 0.2) is 0 Å². The SMILES string of the molecule is Cc1ccc(C2C[C@H](c3ccco3)N(C(=O)CS)N2)o1. The maximum Gasteiger partial charge on any atom is 0.247 e. The van der Waals surface area contributed by atoms with Crippen LogP contribution in [-0.2, 0) is 4.79 Å². The quantitative estimate of drug-likeness (QED) is 0.854. The van der Waals surface area contributed by atoms with E-state index in [1.165, 1.54) is 0 Å². The number of hydrogen-bond acceptors (Lipinski definition) is 5. The molecule has 106 valence electrons. The summed E-state index contributed by atoms with van der Waals surface area (Å²) in [5.41, 5.74) is 3.19. The Bertz CT molecular complexity index is 593. The van der Waals surface area contributed by atoms with Crippen molar-refractivity contribution in [3.8, 4) is 0 Å². The number of carbonyl (C=O) groups is 1. The largest absolute Gasteiger partial charge is 0.467 e. The van der Waals surface area contributed by atoms with E-state index in [0.29, 0.717) is 6.42 Å². The number of rotatable bonds is 3. The third kappa shape index (κ3) is 2.36. The van der Waals surface area contributed by atoms with Gasteiger partial charge in [-0.15, -0.1) is 0 Å². The molecular formula is C14H16N2O3S. The Morgan fingerprint density at radius 2 is 2.30 bits per heavy atom. The lowest BCUT2D eigenvalue weighted by atomic mass is 10.1. The molecule has 3 rings (SSSR count). The molecule has 0 bridgehead atoms. The van der Waals surface area contributed by atoms with Crippen LogP contribution in [0.3, 0.4) is 0 Å². The zero-order chi connectivity index (χ0) is 14.1. The summed E-state index contributed by atoms with van der Waals surface area (Å²) in [5, 5.41) is 1.59. The fraction of sp³-hybridized carbons (Fsp3) is 0.357. The summed E-state index contributed by atoms with van der Waals surface area (Å²) in [6.07, 6.45) is 2.32. The van der Waals surface area contributed by atoms with E-state index in [2.05, 4.69) is 18.1 Å². The van der Waals surface area contributed by atoms with Gasteiger partial charge in [0.25, 0.3) is 0 Å². The molecule has 5 nitrogen and oxygen atoms in total. The predicted octanol–water partition coefficient (Wildman–Crippen LogP) is 2.63. The van der Waals surface area contributed by atoms with Gasteiger partial charge in [0.05, 0.1) is 18.1 Å². The number of furan rings is 2. The molecule has 0 aliphatic carbocycles. The highest BCUT2D eigenvalue weighted by Gasteiger charge is 2.38. The molecule has 3 heterocycles. The van der Waals surface area contributed by atoms with Crippen LogP contribution in [-0.4, -0.2) is 16.7 Å². The zero-order valence-electron chi connectivity index (χ0n) is 11.1. The first-order valence-electron chi connectivity index (χ1n) is 6.48.